The fourth-order valence-electron chi connectivity index (χ4n) is 0.545. The Bertz CT molecular complexity index is 409. The van der Waals surface area contributed by atoms with Crippen molar-refractivity contribution in [3.05, 3.63) is 11.7 Å². The van der Waals surface area contributed by atoms with Gasteiger partial charge in [0.15, 0.2) is 11.7 Å². The molecule has 0 aliphatic heterocycles. The third-order valence-corrected chi connectivity index (χ3v) is 1.10. The second kappa shape index (κ2) is 29.6. The van der Waals surface area contributed by atoms with Crippen molar-refractivity contribution >= 4 is 57.8 Å². The zero-order valence-corrected chi connectivity index (χ0v) is 21.4. The zero-order valence-electron chi connectivity index (χ0n) is 12.3. The molecular weight excluding hydrogens is 731 g/mol. The summed E-state index contributed by atoms with van der Waals surface area (Å²) in [6, 6.07) is 1.39. The second-order valence-electron chi connectivity index (χ2n) is 2.68. The van der Waals surface area contributed by atoms with Crippen LogP contribution in [0.2, 0.25) is 0 Å². The summed E-state index contributed by atoms with van der Waals surface area (Å²) in [6.07, 6.45) is 0.750. The number of aryl methyl sites for hydroxylation is 2. The van der Waals surface area contributed by atoms with E-state index in [0.717, 1.165) is 6.29 Å². The number of halogens is 2. The minimum Gasteiger partial charge on any atom is -0.444 e. The molecule has 0 atom stereocenters. The van der Waals surface area contributed by atoms with E-state index in [1.807, 2.05) is 0 Å². The molecule has 0 fully saturated rings. The van der Waals surface area contributed by atoms with E-state index >= 15 is 0 Å². The van der Waals surface area contributed by atoms with Gasteiger partial charge in [0.25, 0.3) is 0 Å². The van der Waals surface area contributed by atoms with Crippen molar-refractivity contribution in [1.82, 2.24) is 4.98 Å². The maximum atomic E-state index is 9.45. The minimum atomic E-state index is -0.440. The van der Waals surface area contributed by atoms with Crippen molar-refractivity contribution in [3.8, 4) is 6.07 Å². The number of ketones is 1. The minimum absolute atomic E-state index is 0. The fourth-order valence-corrected chi connectivity index (χ4v) is 0.545. The van der Waals surface area contributed by atoms with Crippen LogP contribution in [0.3, 0.4) is 0 Å². The SMILES string of the molecule is C.C=II.CC(=O)C#N.CC=O.Cc1nc(N)c(C)o1.O.[Ac]. The van der Waals surface area contributed by atoms with Gasteiger partial charge in [-0.3, -0.25) is 4.79 Å². The standard InChI is InChI=1S/C5H8N2O.C3H3NO.C2H4O.CH2I2.CH4.Ac.H2O/c1-3-5(6)7-4(2)8-3;1-3(5)2-4;1-2-3;1-3-2;;;/h6H2,1-2H3;1H3;2H,1H3;1H2;1H4;;1H2. The molecule has 0 unspecified atom stereocenters. The number of nitrogens with zero attached hydrogens (tertiary/aromatic N) is 2. The maximum Gasteiger partial charge on any atom is 0.228 e. The average Bonchev–Trinajstić information content (AvgIpc) is 2.59. The van der Waals surface area contributed by atoms with Crippen LogP contribution in [0, 0.1) is 69.2 Å². The van der Waals surface area contributed by atoms with Gasteiger partial charge < -0.3 is 20.4 Å². The Hall–Kier alpha value is 0.572. The summed E-state index contributed by atoms with van der Waals surface area (Å²) in [5, 5.41) is 7.54. The van der Waals surface area contributed by atoms with Crippen molar-refractivity contribution in [3.63, 3.8) is 0 Å². The summed E-state index contributed by atoms with van der Waals surface area (Å²) in [4.78, 5) is 22.1. The molecule has 0 bridgehead atoms. The van der Waals surface area contributed by atoms with E-state index < -0.39 is 5.78 Å². The van der Waals surface area contributed by atoms with Gasteiger partial charge in [-0.1, -0.05) is 28.7 Å². The van der Waals surface area contributed by atoms with E-state index in [1.54, 1.807) is 13.8 Å². The molecule has 4 N–H and O–H groups in total. The summed E-state index contributed by atoms with van der Waals surface area (Å²) >= 11 is 2.60. The number of nitrogens with two attached hydrogens (primary N) is 1. The Morgan fingerprint density at radius 2 is 1.82 bits per heavy atom. The van der Waals surface area contributed by atoms with Crippen molar-refractivity contribution in [2.45, 2.75) is 35.1 Å². The summed E-state index contributed by atoms with van der Waals surface area (Å²) in [7, 11) is 0. The first-order chi connectivity index (χ1) is 8.80. The predicted octanol–water partition coefficient (Wildman–Crippen LogP) is 2.73. The van der Waals surface area contributed by atoms with E-state index in [2.05, 4.69) is 28.1 Å². The van der Waals surface area contributed by atoms with Crippen LogP contribution < -0.4 is 5.73 Å². The molecule has 127 valence electrons. The number of aromatic nitrogens is 1. The molecule has 0 spiro atoms. The monoisotopic (exact) mass is 754 g/mol. The van der Waals surface area contributed by atoms with Gasteiger partial charge in [-0.15, -0.1) is 0 Å². The molecule has 7 nitrogen and oxygen atoms in total. The number of aldehydes is 1. The molecular formula is C12H23AcI2N3O4. The molecule has 1 aromatic heterocycles. The summed E-state index contributed by atoms with van der Waals surface area (Å²) < 4.78 is 8.56. The number of hydrogen-bond donors (Lipinski definition) is 1. The van der Waals surface area contributed by atoms with E-state index in [1.165, 1.54) is 19.9 Å². The number of nitriles is 1. The third kappa shape index (κ3) is 37.1. The second-order valence-corrected chi connectivity index (χ2v) is 7.12. The molecule has 0 aliphatic rings. The van der Waals surface area contributed by atoms with Gasteiger partial charge in [0.1, 0.15) is 18.1 Å². The summed E-state index contributed by atoms with van der Waals surface area (Å²) in [5.41, 5.74) is 5.34. The molecule has 10 heteroatoms. The molecule has 0 saturated heterocycles. The quantitative estimate of drug-likeness (QED) is 0.246. The van der Waals surface area contributed by atoms with Crippen molar-refractivity contribution in [2.75, 3.05) is 5.73 Å². The van der Waals surface area contributed by atoms with Gasteiger partial charge in [0, 0.05) is 57.9 Å². The molecule has 1 heterocycles. The van der Waals surface area contributed by atoms with E-state index in [9.17, 15) is 4.79 Å². The van der Waals surface area contributed by atoms with Crippen LogP contribution in [0.4, 0.5) is 5.82 Å². The van der Waals surface area contributed by atoms with Gasteiger partial charge in [0.2, 0.25) is 5.78 Å². The number of Topliss-reactive ketones (excluding diaryl/α,β-unsaturated/α-hetero) is 1. The number of hydrogen-bond acceptors (Lipinski definition) is 6. The third-order valence-electron chi connectivity index (χ3n) is 1.10. The Balaban J connectivity index is -0.0000000407. The summed E-state index contributed by atoms with van der Waals surface area (Å²) in [6.45, 7) is 6.22. The summed E-state index contributed by atoms with van der Waals surface area (Å²) in [5.74, 6) is 1.37. The molecule has 22 heavy (non-hydrogen) atoms. The smallest absolute Gasteiger partial charge is 0.228 e. The van der Waals surface area contributed by atoms with Gasteiger partial charge in [-0.2, -0.15) is 10.2 Å². The van der Waals surface area contributed by atoms with Crippen LogP contribution >= 0.6 is 35.4 Å². The Morgan fingerprint density at radius 3 is 1.86 bits per heavy atom. The van der Waals surface area contributed by atoms with Crippen molar-refractivity contribution in [2.24, 2.45) is 0 Å². The number of carbonyl (C=O) groups is 2. The molecule has 0 saturated carbocycles. The molecule has 1 rings (SSSR count). The van der Waals surface area contributed by atoms with Crippen LogP contribution in [0.25, 0.3) is 0 Å². The number of anilines is 1. The van der Waals surface area contributed by atoms with Crippen LogP contribution in [0.5, 0.6) is 0 Å². The Kier molecular flexibility index (Phi) is 51.4. The molecule has 0 aromatic carbocycles. The van der Waals surface area contributed by atoms with Crippen LogP contribution in [0.15, 0.2) is 4.42 Å². The van der Waals surface area contributed by atoms with E-state index in [0.29, 0.717) is 34.2 Å². The number of oxazole rings is 1. The Morgan fingerprint density at radius 1 is 1.55 bits per heavy atom. The van der Waals surface area contributed by atoms with Gasteiger partial charge in [-0.05, 0) is 32.5 Å². The fraction of sp³-hybridized carbons (Fsp3) is 0.417. The van der Waals surface area contributed by atoms with Crippen LogP contribution in [-0.4, -0.2) is 27.0 Å². The molecule has 0 amide bonds. The number of rotatable bonds is 0. The molecule has 1 aromatic rings. The molecule has 0 aliphatic carbocycles. The number of carbonyl (C=O) groups excluding carboxylic acids is 2. The zero-order chi connectivity index (χ0) is 15.8. The Labute approximate surface area is 187 Å². The predicted molar refractivity (Wildman–Crippen MR) is 104 cm³/mol. The van der Waals surface area contributed by atoms with Gasteiger partial charge in [0.05, 0.1) is 0 Å². The van der Waals surface area contributed by atoms with Crippen LogP contribution in [0.1, 0.15) is 32.9 Å². The van der Waals surface area contributed by atoms with Gasteiger partial charge in [-0.25, -0.2) is 0 Å². The van der Waals surface area contributed by atoms with Crippen LogP contribution in [-0.2, 0) is 9.59 Å². The first-order valence-electron chi connectivity index (χ1n) is 4.80. The van der Waals surface area contributed by atoms with E-state index in [-0.39, 0.29) is 57.0 Å². The average molecular weight is 754 g/mol. The van der Waals surface area contributed by atoms with Crippen molar-refractivity contribution < 1.29 is 63.5 Å². The van der Waals surface area contributed by atoms with E-state index in [4.69, 9.17) is 20.2 Å². The topological polar surface area (TPSA) is 141 Å². The first-order valence-corrected chi connectivity index (χ1v) is 12.6. The largest absolute Gasteiger partial charge is 0.444 e. The first kappa shape index (κ1) is 38.2. The van der Waals surface area contributed by atoms with Gasteiger partial charge >= 0.3 is 0 Å². The number of nitrogen functional groups attached to an aromatic ring is 1. The molecule has 1 radical (unpaired) electrons. The maximum absolute atomic E-state index is 9.45. The van der Waals surface area contributed by atoms with Crippen molar-refractivity contribution in [1.29, 1.82) is 5.26 Å². The normalized spacial score (nSPS) is 6.18.